The minimum absolute atomic E-state index is 0. The number of rotatable bonds is 9. The highest BCUT2D eigenvalue weighted by atomic mass is 16.5. The van der Waals surface area contributed by atoms with Crippen LogP contribution in [0.25, 0.3) is 11.5 Å². The largest absolute Gasteiger partial charge is 0.493 e. The Labute approximate surface area is 189 Å². The molecule has 1 saturated heterocycles. The number of carbonyl (C=O) groups is 1. The standard InChI is InChI=1S/C24H27N3O4.CH4/c1-2-29-24(28)21-16-25-15-19(21)14-17-8-10-20(11-9-17)30-13-12-22-26-23(31-27-22)18-6-4-3-5-7-18;/h3-11,19,21,25H,2,12-16H2,1H3;1H4/t19-,21+;/m1./s1. The van der Waals surface area contributed by atoms with E-state index in [2.05, 4.69) is 27.6 Å². The van der Waals surface area contributed by atoms with E-state index >= 15 is 0 Å². The van der Waals surface area contributed by atoms with Crippen LogP contribution in [0.3, 0.4) is 0 Å². The SMILES string of the molecule is C.CCOC(=O)[C@H]1CNC[C@H]1Cc1ccc(OCCc2noc(-c3ccccc3)n2)cc1. The Morgan fingerprint density at radius 1 is 1.12 bits per heavy atom. The maximum absolute atomic E-state index is 12.1. The molecule has 2 atom stereocenters. The van der Waals surface area contributed by atoms with E-state index in [1.807, 2.05) is 49.4 Å². The zero-order chi connectivity index (χ0) is 21.5. The molecular weight excluding hydrogens is 406 g/mol. The van der Waals surface area contributed by atoms with Crippen LogP contribution in [0.5, 0.6) is 5.75 Å². The quantitative estimate of drug-likeness (QED) is 0.508. The monoisotopic (exact) mass is 437 g/mol. The molecule has 7 nitrogen and oxygen atoms in total. The van der Waals surface area contributed by atoms with E-state index in [9.17, 15) is 4.79 Å². The highest BCUT2D eigenvalue weighted by Crippen LogP contribution is 2.24. The van der Waals surface area contributed by atoms with Crippen molar-refractivity contribution in [3.8, 4) is 17.2 Å². The number of esters is 1. The maximum Gasteiger partial charge on any atom is 0.310 e. The number of aromatic nitrogens is 2. The van der Waals surface area contributed by atoms with Crippen LogP contribution in [0.4, 0.5) is 0 Å². The Hall–Kier alpha value is -3.19. The van der Waals surface area contributed by atoms with Crippen molar-refractivity contribution >= 4 is 5.97 Å². The van der Waals surface area contributed by atoms with Gasteiger partial charge in [-0.2, -0.15) is 4.98 Å². The molecule has 7 heteroatoms. The van der Waals surface area contributed by atoms with E-state index < -0.39 is 0 Å². The summed E-state index contributed by atoms with van der Waals surface area (Å²) in [5.41, 5.74) is 2.08. The molecule has 0 saturated carbocycles. The van der Waals surface area contributed by atoms with E-state index in [0.29, 0.717) is 37.9 Å². The number of benzene rings is 2. The smallest absolute Gasteiger partial charge is 0.310 e. The normalized spacial score (nSPS) is 17.5. The molecule has 3 aromatic rings. The van der Waals surface area contributed by atoms with E-state index in [0.717, 1.165) is 24.3 Å². The Bertz CT molecular complexity index is 972. The fraction of sp³-hybridized carbons (Fsp3) is 0.400. The van der Waals surface area contributed by atoms with Gasteiger partial charge in [0.1, 0.15) is 5.75 Å². The molecule has 1 N–H and O–H groups in total. The lowest BCUT2D eigenvalue weighted by molar-refractivity contribution is -0.148. The zero-order valence-electron chi connectivity index (χ0n) is 17.6. The van der Waals surface area contributed by atoms with Gasteiger partial charge in [0.2, 0.25) is 0 Å². The Balaban J connectivity index is 0.00000289. The highest BCUT2D eigenvalue weighted by Gasteiger charge is 2.33. The van der Waals surface area contributed by atoms with Gasteiger partial charge in [-0.15, -0.1) is 0 Å². The maximum atomic E-state index is 12.1. The van der Waals surface area contributed by atoms with Crippen molar-refractivity contribution in [2.24, 2.45) is 11.8 Å². The van der Waals surface area contributed by atoms with Gasteiger partial charge in [-0.1, -0.05) is 42.9 Å². The van der Waals surface area contributed by atoms with Crippen LogP contribution in [0, 0.1) is 11.8 Å². The minimum atomic E-state index is -0.102. The summed E-state index contributed by atoms with van der Waals surface area (Å²) in [5.74, 6) is 2.00. The highest BCUT2D eigenvalue weighted by molar-refractivity contribution is 5.73. The molecule has 0 aliphatic carbocycles. The van der Waals surface area contributed by atoms with Gasteiger partial charge < -0.3 is 19.3 Å². The topological polar surface area (TPSA) is 86.5 Å². The first-order valence-electron chi connectivity index (χ1n) is 10.7. The van der Waals surface area contributed by atoms with Crippen LogP contribution in [-0.4, -0.2) is 42.4 Å². The van der Waals surface area contributed by atoms with Gasteiger partial charge in [-0.05, 0) is 55.6 Å². The fourth-order valence-electron chi connectivity index (χ4n) is 3.81. The third-order valence-electron chi connectivity index (χ3n) is 5.43. The minimum Gasteiger partial charge on any atom is -0.493 e. The molecule has 0 spiro atoms. The predicted octanol–water partition coefficient (Wildman–Crippen LogP) is 3.94. The first kappa shape index (κ1) is 23.5. The predicted molar refractivity (Wildman–Crippen MR) is 122 cm³/mol. The first-order valence-corrected chi connectivity index (χ1v) is 10.7. The summed E-state index contributed by atoms with van der Waals surface area (Å²) in [6.07, 6.45) is 1.40. The average Bonchev–Trinajstić information content (AvgIpc) is 3.46. The lowest BCUT2D eigenvalue weighted by Crippen LogP contribution is -2.26. The van der Waals surface area contributed by atoms with Crippen molar-refractivity contribution < 1.29 is 18.8 Å². The van der Waals surface area contributed by atoms with Crippen molar-refractivity contribution in [1.29, 1.82) is 0 Å². The van der Waals surface area contributed by atoms with Crippen LogP contribution in [0.1, 0.15) is 25.7 Å². The molecule has 1 aliphatic rings. The first-order chi connectivity index (χ1) is 15.2. The van der Waals surface area contributed by atoms with E-state index in [4.69, 9.17) is 14.0 Å². The molecule has 170 valence electrons. The molecule has 0 radical (unpaired) electrons. The van der Waals surface area contributed by atoms with Crippen molar-refractivity contribution in [2.45, 2.75) is 27.2 Å². The van der Waals surface area contributed by atoms with Gasteiger partial charge in [0.15, 0.2) is 5.82 Å². The third-order valence-corrected chi connectivity index (χ3v) is 5.43. The summed E-state index contributed by atoms with van der Waals surface area (Å²) in [6.45, 7) is 4.25. The van der Waals surface area contributed by atoms with Crippen LogP contribution in [0.2, 0.25) is 0 Å². The summed E-state index contributed by atoms with van der Waals surface area (Å²) in [4.78, 5) is 16.5. The summed E-state index contributed by atoms with van der Waals surface area (Å²) in [5, 5.41) is 7.32. The van der Waals surface area contributed by atoms with Crippen LogP contribution in [-0.2, 0) is 22.4 Å². The van der Waals surface area contributed by atoms with E-state index in [1.54, 1.807) is 0 Å². The lowest BCUT2D eigenvalue weighted by Gasteiger charge is -2.17. The van der Waals surface area contributed by atoms with Crippen molar-refractivity contribution in [3.05, 3.63) is 66.0 Å². The molecule has 2 aromatic carbocycles. The van der Waals surface area contributed by atoms with Gasteiger partial charge >= 0.3 is 5.97 Å². The molecule has 2 heterocycles. The molecule has 1 aromatic heterocycles. The van der Waals surface area contributed by atoms with Crippen LogP contribution in [0.15, 0.2) is 59.1 Å². The van der Waals surface area contributed by atoms with Crippen LogP contribution < -0.4 is 10.1 Å². The summed E-state index contributed by atoms with van der Waals surface area (Å²) >= 11 is 0. The Kier molecular flexibility index (Phi) is 8.39. The van der Waals surface area contributed by atoms with Crippen molar-refractivity contribution in [2.75, 3.05) is 26.3 Å². The van der Waals surface area contributed by atoms with Gasteiger partial charge in [-0.3, -0.25) is 4.79 Å². The zero-order valence-corrected chi connectivity index (χ0v) is 17.6. The lowest BCUT2D eigenvalue weighted by atomic mass is 9.90. The van der Waals surface area contributed by atoms with Gasteiger partial charge in [0.25, 0.3) is 5.89 Å². The molecule has 0 amide bonds. The summed E-state index contributed by atoms with van der Waals surface area (Å²) in [7, 11) is 0. The summed E-state index contributed by atoms with van der Waals surface area (Å²) < 4.78 is 16.4. The molecule has 1 aliphatic heterocycles. The number of nitrogens with zero attached hydrogens (tertiary/aromatic N) is 2. The van der Waals surface area contributed by atoms with Crippen molar-refractivity contribution in [1.82, 2.24) is 15.5 Å². The third kappa shape index (κ3) is 5.95. The molecule has 0 unspecified atom stereocenters. The Morgan fingerprint density at radius 2 is 1.91 bits per heavy atom. The molecule has 32 heavy (non-hydrogen) atoms. The number of ether oxygens (including phenoxy) is 2. The molecular formula is C25H31N3O4. The van der Waals surface area contributed by atoms with Gasteiger partial charge in [0, 0.05) is 18.5 Å². The van der Waals surface area contributed by atoms with Gasteiger partial charge in [-0.25, -0.2) is 0 Å². The second-order valence-electron chi connectivity index (χ2n) is 7.61. The van der Waals surface area contributed by atoms with E-state index in [1.165, 1.54) is 5.56 Å². The second-order valence-corrected chi connectivity index (χ2v) is 7.61. The Morgan fingerprint density at radius 3 is 2.66 bits per heavy atom. The van der Waals surface area contributed by atoms with Crippen LogP contribution >= 0.6 is 0 Å². The number of hydrogen-bond donors (Lipinski definition) is 1. The number of hydrogen-bond acceptors (Lipinski definition) is 7. The molecule has 1 fully saturated rings. The molecule has 4 rings (SSSR count). The van der Waals surface area contributed by atoms with Gasteiger partial charge in [0.05, 0.1) is 19.1 Å². The molecule has 0 bridgehead atoms. The number of carbonyl (C=O) groups excluding carboxylic acids is 1. The second kappa shape index (κ2) is 11.4. The average molecular weight is 438 g/mol. The fourth-order valence-corrected chi connectivity index (χ4v) is 3.81. The van der Waals surface area contributed by atoms with E-state index in [-0.39, 0.29) is 25.2 Å². The van der Waals surface area contributed by atoms with Crippen molar-refractivity contribution in [3.63, 3.8) is 0 Å². The summed E-state index contributed by atoms with van der Waals surface area (Å²) in [6, 6.07) is 17.7. The number of nitrogens with one attached hydrogen (secondary N) is 1.